The van der Waals surface area contributed by atoms with E-state index in [0.29, 0.717) is 25.7 Å². The van der Waals surface area contributed by atoms with Crippen molar-refractivity contribution in [1.82, 2.24) is 0 Å². The Labute approximate surface area is 143 Å². The summed E-state index contributed by atoms with van der Waals surface area (Å²) in [5.74, 6) is -0.396. The summed E-state index contributed by atoms with van der Waals surface area (Å²) in [5.41, 5.74) is -0.274. The lowest BCUT2D eigenvalue weighted by Crippen LogP contribution is -2.16. The van der Waals surface area contributed by atoms with E-state index in [2.05, 4.69) is 0 Å². The van der Waals surface area contributed by atoms with Gasteiger partial charge in [-0.2, -0.15) is 10.5 Å². The largest absolute Gasteiger partial charge is 0.224 e. The monoisotopic (exact) mass is 368 g/mol. The highest BCUT2D eigenvalue weighted by Gasteiger charge is 2.28. The molecule has 1 aromatic carbocycles. The van der Waals surface area contributed by atoms with Gasteiger partial charge in [0.1, 0.15) is 12.1 Å². The summed E-state index contributed by atoms with van der Waals surface area (Å²) in [4.78, 5) is -0.745. The van der Waals surface area contributed by atoms with Gasteiger partial charge in [0.15, 0.2) is 19.7 Å². The van der Waals surface area contributed by atoms with E-state index in [4.69, 9.17) is 10.5 Å². The molecular formula is C16H20N2O4S2. The van der Waals surface area contributed by atoms with Crippen LogP contribution in [0.4, 0.5) is 0 Å². The molecule has 0 saturated heterocycles. The Morgan fingerprint density at radius 2 is 1.12 bits per heavy atom. The molecule has 0 fully saturated rings. The van der Waals surface area contributed by atoms with Crippen molar-refractivity contribution >= 4 is 19.7 Å². The van der Waals surface area contributed by atoms with Crippen molar-refractivity contribution in [2.45, 2.75) is 49.3 Å². The predicted molar refractivity (Wildman–Crippen MR) is 89.8 cm³/mol. The van der Waals surface area contributed by atoms with Crippen molar-refractivity contribution in [1.29, 1.82) is 10.5 Å². The number of nitrogens with zero attached hydrogens (tertiary/aromatic N) is 2. The van der Waals surface area contributed by atoms with Crippen molar-refractivity contribution in [2.75, 3.05) is 11.5 Å². The predicted octanol–water partition coefficient (Wildman–Crippen LogP) is 2.58. The van der Waals surface area contributed by atoms with E-state index in [1.54, 1.807) is 12.1 Å². The van der Waals surface area contributed by atoms with Gasteiger partial charge in [-0.25, -0.2) is 16.8 Å². The van der Waals surface area contributed by atoms with Crippen LogP contribution in [0.2, 0.25) is 0 Å². The van der Waals surface area contributed by atoms with E-state index in [9.17, 15) is 16.8 Å². The molecule has 0 spiro atoms. The molecule has 0 heterocycles. The van der Waals surface area contributed by atoms with Gasteiger partial charge in [-0.1, -0.05) is 26.7 Å². The van der Waals surface area contributed by atoms with Crippen molar-refractivity contribution in [2.24, 2.45) is 0 Å². The summed E-state index contributed by atoms with van der Waals surface area (Å²) in [6.45, 7) is 3.65. The van der Waals surface area contributed by atoms with E-state index in [1.807, 2.05) is 13.8 Å². The third-order valence-electron chi connectivity index (χ3n) is 3.53. The fourth-order valence-electron chi connectivity index (χ4n) is 2.12. The maximum atomic E-state index is 12.5. The average molecular weight is 368 g/mol. The Hall–Kier alpha value is -1.90. The normalized spacial score (nSPS) is 11.7. The highest BCUT2D eigenvalue weighted by atomic mass is 32.2. The van der Waals surface area contributed by atoms with Gasteiger partial charge >= 0.3 is 0 Å². The quantitative estimate of drug-likeness (QED) is 0.696. The van der Waals surface area contributed by atoms with E-state index in [1.165, 1.54) is 0 Å². The van der Waals surface area contributed by atoms with Gasteiger partial charge in [0.25, 0.3) is 0 Å². The minimum atomic E-state index is -3.86. The topological polar surface area (TPSA) is 116 Å². The van der Waals surface area contributed by atoms with Gasteiger partial charge < -0.3 is 0 Å². The smallest absolute Gasteiger partial charge is 0.179 e. The highest BCUT2D eigenvalue weighted by molar-refractivity contribution is 7.94. The van der Waals surface area contributed by atoms with Crippen LogP contribution < -0.4 is 0 Å². The third kappa shape index (κ3) is 4.56. The molecule has 0 saturated carbocycles. The summed E-state index contributed by atoms with van der Waals surface area (Å²) >= 11 is 0. The van der Waals surface area contributed by atoms with Crippen LogP contribution in [0, 0.1) is 22.7 Å². The first-order valence-electron chi connectivity index (χ1n) is 7.67. The summed E-state index contributed by atoms with van der Waals surface area (Å²) < 4.78 is 50.2. The number of hydrogen-bond donors (Lipinski definition) is 0. The highest BCUT2D eigenvalue weighted by Crippen LogP contribution is 2.28. The summed E-state index contributed by atoms with van der Waals surface area (Å²) in [6, 6.07) is 5.54. The molecule has 0 aromatic heterocycles. The summed E-state index contributed by atoms with van der Waals surface area (Å²) in [6.07, 6.45) is 2.05. The van der Waals surface area contributed by atoms with Crippen LogP contribution in [0.3, 0.4) is 0 Å². The minimum absolute atomic E-state index is 0.137. The number of unbranched alkanes of at least 4 members (excludes halogenated alkanes) is 2. The van der Waals surface area contributed by atoms with E-state index in [-0.39, 0.29) is 32.4 Å². The van der Waals surface area contributed by atoms with E-state index in [0.717, 1.165) is 12.1 Å². The van der Waals surface area contributed by atoms with Crippen molar-refractivity contribution in [3.8, 4) is 12.1 Å². The zero-order chi connectivity index (χ0) is 18.4. The molecule has 0 bridgehead atoms. The Morgan fingerprint density at radius 3 is 1.38 bits per heavy atom. The van der Waals surface area contributed by atoms with Crippen LogP contribution >= 0.6 is 0 Å². The van der Waals surface area contributed by atoms with Gasteiger partial charge in [0.05, 0.1) is 32.4 Å². The Bertz CT molecular complexity index is 814. The van der Waals surface area contributed by atoms with Crippen LogP contribution in [0.25, 0.3) is 0 Å². The maximum Gasteiger partial charge on any atom is 0.179 e. The van der Waals surface area contributed by atoms with Crippen LogP contribution in [-0.2, 0) is 19.7 Å². The second-order valence-electron chi connectivity index (χ2n) is 5.41. The number of sulfone groups is 2. The first kappa shape index (κ1) is 20.1. The lowest BCUT2D eigenvalue weighted by molar-refractivity contribution is 0.579. The molecule has 0 aliphatic heterocycles. The molecule has 0 radical (unpaired) electrons. The first-order chi connectivity index (χ1) is 11.2. The molecule has 0 amide bonds. The molecule has 0 atom stereocenters. The molecule has 0 aliphatic carbocycles. The standard InChI is InChI=1S/C16H20N2O4S2/c1-3-5-7-23(19,20)15-9-13(11-17)14(12-18)10-16(15)24(21,22)8-6-4-2/h9-10H,3-8H2,1-2H3. The average Bonchev–Trinajstić information content (AvgIpc) is 2.56. The number of hydrogen-bond acceptors (Lipinski definition) is 6. The maximum absolute atomic E-state index is 12.5. The molecule has 0 unspecified atom stereocenters. The molecular weight excluding hydrogens is 348 g/mol. The van der Waals surface area contributed by atoms with Crippen molar-refractivity contribution in [3.63, 3.8) is 0 Å². The van der Waals surface area contributed by atoms with Crippen LogP contribution in [0.15, 0.2) is 21.9 Å². The molecule has 24 heavy (non-hydrogen) atoms. The van der Waals surface area contributed by atoms with Crippen LogP contribution in [0.1, 0.15) is 50.7 Å². The molecule has 0 N–H and O–H groups in total. The van der Waals surface area contributed by atoms with E-state index < -0.39 is 19.7 Å². The molecule has 8 heteroatoms. The van der Waals surface area contributed by atoms with Gasteiger partial charge in [0, 0.05) is 0 Å². The Kier molecular flexibility index (Phi) is 6.94. The van der Waals surface area contributed by atoms with Gasteiger partial charge in [0.2, 0.25) is 0 Å². The van der Waals surface area contributed by atoms with E-state index >= 15 is 0 Å². The lowest BCUT2D eigenvalue weighted by Gasteiger charge is -2.12. The van der Waals surface area contributed by atoms with Crippen LogP contribution in [-0.4, -0.2) is 28.3 Å². The van der Waals surface area contributed by atoms with Crippen molar-refractivity contribution < 1.29 is 16.8 Å². The van der Waals surface area contributed by atoms with Gasteiger partial charge in [-0.3, -0.25) is 0 Å². The molecule has 1 rings (SSSR count). The molecule has 1 aromatic rings. The summed E-state index contributed by atoms with van der Waals surface area (Å²) in [7, 11) is -7.72. The SMILES string of the molecule is CCCCS(=O)(=O)c1cc(C#N)c(C#N)cc1S(=O)(=O)CCCC. The molecule has 6 nitrogen and oxygen atoms in total. The van der Waals surface area contributed by atoms with Gasteiger partial charge in [-0.05, 0) is 25.0 Å². The second-order valence-corrected chi connectivity index (χ2v) is 9.57. The number of nitriles is 2. The zero-order valence-corrected chi connectivity index (χ0v) is 15.4. The minimum Gasteiger partial charge on any atom is -0.224 e. The number of rotatable bonds is 8. The van der Waals surface area contributed by atoms with Crippen molar-refractivity contribution in [3.05, 3.63) is 23.3 Å². The summed E-state index contributed by atoms with van der Waals surface area (Å²) in [5, 5.41) is 18.2. The second kappa shape index (κ2) is 8.27. The zero-order valence-electron chi connectivity index (χ0n) is 13.7. The lowest BCUT2D eigenvalue weighted by atomic mass is 10.1. The Morgan fingerprint density at radius 1 is 0.792 bits per heavy atom. The Balaban J connectivity index is 3.68. The molecule has 0 aliphatic rings. The fourth-order valence-corrected chi connectivity index (χ4v) is 5.98. The number of benzene rings is 1. The third-order valence-corrected chi connectivity index (χ3v) is 7.33. The molecule has 130 valence electrons. The van der Waals surface area contributed by atoms with Crippen LogP contribution in [0.5, 0.6) is 0 Å². The first-order valence-corrected chi connectivity index (χ1v) is 11.0. The fraction of sp³-hybridized carbons (Fsp3) is 0.500. The van der Waals surface area contributed by atoms with Gasteiger partial charge in [-0.15, -0.1) is 0 Å².